The zero-order valence-electron chi connectivity index (χ0n) is 14.9. The van der Waals surface area contributed by atoms with E-state index >= 15 is 0 Å². The number of piperidine rings is 1. The van der Waals surface area contributed by atoms with E-state index in [9.17, 15) is 4.79 Å². The summed E-state index contributed by atoms with van der Waals surface area (Å²) < 4.78 is 1.96. The van der Waals surface area contributed by atoms with Crippen LogP contribution in [0.5, 0.6) is 0 Å². The summed E-state index contributed by atoms with van der Waals surface area (Å²) in [5.41, 5.74) is 1.76. The molecule has 4 rings (SSSR count). The number of rotatable bonds is 3. The lowest BCUT2D eigenvalue weighted by atomic mass is 9.96. The van der Waals surface area contributed by atoms with Crippen LogP contribution in [-0.4, -0.2) is 43.4 Å². The first-order valence-electron chi connectivity index (χ1n) is 8.78. The van der Waals surface area contributed by atoms with Crippen LogP contribution in [0.4, 0.5) is 0 Å². The highest BCUT2D eigenvalue weighted by Crippen LogP contribution is 2.28. The summed E-state index contributed by atoms with van der Waals surface area (Å²) in [5, 5.41) is 1.94. The first-order valence-corrected chi connectivity index (χ1v) is 9.66. The van der Waals surface area contributed by atoms with E-state index in [0.717, 1.165) is 47.3 Å². The average Bonchev–Trinajstić information content (AvgIpc) is 3.32. The van der Waals surface area contributed by atoms with Crippen LogP contribution >= 0.6 is 11.3 Å². The van der Waals surface area contributed by atoms with Crippen LogP contribution in [0, 0.1) is 6.92 Å². The normalized spacial score (nSPS) is 17.5. The van der Waals surface area contributed by atoms with Crippen molar-refractivity contribution in [3.05, 3.63) is 52.4 Å². The summed E-state index contributed by atoms with van der Waals surface area (Å²) in [4.78, 5) is 29.3. The summed E-state index contributed by atoms with van der Waals surface area (Å²) in [6.45, 7) is 3.44. The van der Waals surface area contributed by atoms with Crippen LogP contribution in [0.1, 0.15) is 39.9 Å². The molecule has 0 saturated carbocycles. The highest BCUT2D eigenvalue weighted by molar-refractivity contribution is 7.12. The minimum atomic E-state index is 0.113. The average molecular weight is 367 g/mol. The fourth-order valence-corrected chi connectivity index (χ4v) is 4.12. The number of amides is 1. The second kappa shape index (κ2) is 6.99. The smallest absolute Gasteiger partial charge is 0.263 e. The molecule has 134 valence electrons. The van der Waals surface area contributed by atoms with Gasteiger partial charge in [-0.15, -0.1) is 11.3 Å². The summed E-state index contributed by atoms with van der Waals surface area (Å²) in [6, 6.07) is 5.77. The van der Waals surface area contributed by atoms with Crippen LogP contribution in [0.25, 0.3) is 11.5 Å². The molecule has 1 saturated heterocycles. The Balaban J connectivity index is 1.60. The van der Waals surface area contributed by atoms with Gasteiger partial charge in [0.05, 0.1) is 4.88 Å². The van der Waals surface area contributed by atoms with Crippen molar-refractivity contribution in [2.75, 3.05) is 13.1 Å². The summed E-state index contributed by atoms with van der Waals surface area (Å²) in [5.74, 6) is 1.92. The van der Waals surface area contributed by atoms with Gasteiger partial charge in [0.1, 0.15) is 11.5 Å². The van der Waals surface area contributed by atoms with E-state index in [2.05, 4.69) is 9.97 Å². The Hall–Kier alpha value is -2.54. The summed E-state index contributed by atoms with van der Waals surface area (Å²) >= 11 is 1.49. The highest BCUT2D eigenvalue weighted by Gasteiger charge is 2.28. The summed E-state index contributed by atoms with van der Waals surface area (Å²) in [7, 11) is 1.96. The van der Waals surface area contributed by atoms with Gasteiger partial charge in [-0.2, -0.15) is 0 Å². The topological polar surface area (TPSA) is 63.9 Å². The van der Waals surface area contributed by atoms with Gasteiger partial charge in [-0.25, -0.2) is 15.0 Å². The molecule has 0 bridgehead atoms. The first-order chi connectivity index (χ1) is 12.6. The van der Waals surface area contributed by atoms with Crippen LogP contribution in [0.2, 0.25) is 0 Å². The van der Waals surface area contributed by atoms with Gasteiger partial charge in [-0.05, 0) is 37.3 Å². The number of hydrogen-bond acceptors (Lipinski definition) is 5. The van der Waals surface area contributed by atoms with E-state index in [-0.39, 0.29) is 11.8 Å². The minimum absolute atomic E-state index is 0.113. The van der Waals surface area contributed by atoms with Crippen molar-refractivity contribution in [3.63, 3.8) is 0 Å². The fourth-order valence-electron chi connectivity index (χ4n) is 3.43. The van der Waals surface area contributed by atoms with E-state index in [1.54, 1.807) is 6.20 Å². The molecule has 1 amide bonds. The van der Waals surface area contributed by atoms with E-state index in [1.807, 2.05) is 53.2 Å². The van der Waals surface area contributed by atoms with E-state index in [0.29, 0.717) is 6.54 Å². The monoisotopic (exact) mass is 367 g/mol. The van der Waals surface area contributed by atoms with Crippen molar-refractivity contribution in [2.24, 2.45) is 7.05 Å². The molecule has 1 aliphatic rings. The van der Waals surface area contributed by atoms with Crippen molar-refractivity contribution in [3.8, 4) is 11.5 Å². The molecule has 7 heteroatoms. The third-order valence-electron chi connectivity index (χ3n) is 4.73. The number of aryl methyl sites for hydroxylation is 2. The van der Waals surface area contributed by atoms with Crippen molar-refractivity contribution >= 4 is 17.2 Å². The van der Waals surface area contributed by atoms with Crippen molar-refractivity contribution < 1.29 is 4.79 Å². The molecule has 6 nitrogen and oxygen atoms in total. The first kappa shape index (κ1) is 16.9. The molecule has 3 aromatic heterocycles. The zero-order chi connectivity index (χ0) is 18.1. The van der Waals surface area contributed by atoms with Crippen molar-refractivity contribution in [2.45, 2.75) is 25.7 Å². The Morgan fingerprint density at radius 1 is 1.35 bits per heavy atom. The molecule has 26 heavy (non-hydrogen) atoms. The van der Waals surface area contributed by atoms with Gasteiger partial charge >= 0.3 is 0 Å². The largest absolute Gasteiger partial charge is 0.337 e. The van der Waals surface area contributed by atoms with Crippen molar-refractivity contribution in [1.29, 1.82) is 0 Å². The molecular weight excluding hydrogens is 346 g/mol. The molecule has 0 aromatic carbocycles. The Labute approximate surface area is 156 Å². The molecule has 0 aliphatic carbocycles. The highest BCUT2D eigenvalue weighted by atomic mass is 32.1. The number of nitrogens with zero attached hydrogens (tertiary/aromatic N) is 5. The quantitative estimate of drug-likeness (QED) is 0.713. The third-order valence-corrected chi connectivity index (χ3v) is 5.59. The fraction of sp³-hybridized carbons (Fsp3) is 0.368. The van der Waals surface area contributed by atoms with Crippen LogP contribution < -0.4 is 0 Å². The number of carbonyl (C=O) groups excluding carboxylic acids is 1. The standard InChI is InChI=1S/C19H21N5OS/c1-13-11-15(18-20-7-9-23(18)2)22-17(21-13)14-5-3-8-24(12-14)19(25)16-6-4-10-26-16/h4,6-7,9-11,14H,3,5,8,12H2,1-2H3. The maximum absolute atomic E-state index is 12.7. The number of likely N-dealkylation sites (tertiary alicyclic amines) is 1. The Morgan fingerprint density at radius 2 is 2.23 bits per heavy atom. The van der Waals surface area contributed by atoms with Gasteiger partial charge in [0, 0.05) is 44.1 Å². The molecule has 0 N–H and O–H groups in total. The second-order valence-corrected chi connectivity index (χ2v) is 7.63. The Kier molecular flexibility index (Phi) is 4.55. The second-order valence-electron chi connectivity index (χ2n) is 6.68. The Bertz CT molecular complexity index is 918. The summed E-state index contributed by atoms with van der Waals surface area (Å²) in [6.07, 6.45) is 5.65. The number of hydrogen-bond donors (Lipinski definition) is 0. The molecule has 1 unspecified atom stereocenters. The minimum Gasteiger partial charge on any atom is -0.337 e. The maximum atomic E-state index is 12.7. The van der Waals surface area contributed by atoms with Gasteiger partial charge in [-0.3, -0.25) is 4.79 Å². The lowest BCUT2D eigenvalue weighted by molar-refractivity contribution is 0.0709. The predicted molar refractivity (Wildman–Crippen MR) is 101 cm³/mol. The number of carbonyl (C=O) groups is 1. The molecule has 0 radical (unpaired) electrons. The van der Waals surface area contributed by atoms with Gasteiger partial charge in [0.15, 0.2) is 5.82 Å². The van der Waals surface area contributed by atoms with Gasteiger partial charge < -0.3 is 9.47 Å². The van der Waals surface area contributed by atoms with E-state index in [1.165, 1.54) is 11.3 Å². The molecule has 1 fully saturated rings. The van der Waals surface area contributed by atoms with Gasteiger partial charge in [-0.1, -0.05) is 6.07 Å². The molecule has 0 spiro atoms. The third kappa shape index (κ3) is 3.26. The zero-order valence-corrected chi connectivity index (χ0v) is 15.7. The lowest BCUT2D eigenvalue weighted by Crippen LogP contribution is -2.39. The number of thiophene rings is 1. The van der Waals surface area contributed by atoms with Crippen molar-refractivity contribution in [1.82, 2.24) is 24.4 Å². The molecule has 1 atom stereocenters. The van der Waals surface area contributed by atoms with Gasteiger partial charge in [0.25, 0.3) is 5.91 Å². The number of imidazole rings is 1. The molecular formula is C19H21N5OS. The van der Waals surface area contributed by atoms with E-state index < -0.39 is 0 Å². The molecule has 1 aliphatic heterocycles. The Morgan fingerprint density at radius 3 is 2.96 bits per heavy atom. The number of aromatic nitrogens is 4. The molecule has 4 heterocycles. The predicted octanol–water partition coefficient (Wildman–Crippen LogP) is 3.27. The van der Waals surface area contributed by atoms with E-state index in [4.69, 9.17) is 4.98 Å². The lowest BCUT2D eigenvalue weighted by Gasteiger charge is -2.32. The van der Waals surface area contributed by atoms with Crippen LogP contribution in [-0.2, 0) is 7.05 Å². The maximum Gasteiger partial charge on any atom is 0.263 e. The SMILES string of the molecule is Cc1cc(-c2nccn2C)nc(C2CCCN(C(=O)c3cccs3)C2)n1. The van der Waals surface area contributed by atoms with Gasteiger partial charge in [0.2, 0.25) is 0 Å². The van der Waals surface area contributed by atoms with Crippen LogP contribution in [0.3, 0.4) is 0 Å². The molecule has 3 aromatic rings. The van der Waals surface area contributed by atoms with Crippen LogP contribution in [0.15, 0.2) is 36.0 Å².